The minimum absolute atomic E-state index is 0.117. The van der Waals surface area contributed by atoms with E-state index >= 15 is 0 Å². The SMILES string of the molecule is CN(C)CCCN(Cc1cc2cc3c(cc2[nH]c1=O)OCCO3)C(=S)NCC1CCCO1. The topological polar surface area (TPSA) is 79.1 Å². The van der Waals surface area contributed by atoms with Crippen LogP contribution in [0, 0.1) is 0 Å². The van der Waals surface area contributed by atoms with E-state index in [4.69, 9.17) is 26.4 Å². The van der Waals surface area contributed by atoms with E-state index in [-0.39, 0.29) is 11.7 Å². The molecule has 32 heavy (non-hydrogen) atoms. The largest absolute Gasteiger partial charge is 0.486 e. The first kappa shape index (κ1) is 22.8. The predicted molar refractivity (Wildman–Crippen MR) is 129 cm³/mol. The Morgan fingerprint density at radius 2 is 1.94 bits per heavy atom. The highest BCUT2D eigenvalue weighted by molar-refractivity contribution is 7.80. The molecule has 1 fully saturated rings. The lowest BCUT2D eigenvalue weighted by molar-refractivity contribution is 0.113. The van der Waals surface area contributed by atoms with Crippen molar-refractivity contribution in [3.8, 4) is 11.5 Å². The molecule has 0 bridgehead atoms. The number of ether oxygens (including phenoxy) is 3. The molecular weight excluding hydrogens is 428 g/mol. The third kappa shape index (κ3) is 5.70. The lowest BCUT2D eigenvalue weighted by Crippen LogP contribution is -2.43. The Kier molecular flexibility index (Phi) is 7.49. The Bertz CT molecular complexity index is 1000. The van der Waals surface area contributed by atoms with Crippen LogP contribution in [-0.2, 0) is 11.3 Å². The van der Waals surface area contributed by atoms with Gasteiger partial charge in [0.1, 0.15) is 13.2 Å². The molecule has 1 saturated heterocycles. The smallest absolute Gasteiger partial charge is 0.253 e. The summed E-state index contributed by atoms with van der Waals surface area (Å²) in [5.41, 5.74) is 1.29. The van der Waals surface area contributed by atoms with Crippen molar-refractivity contribution in [2.24, 2.45) is 0 Å². The highest BCUT2D eigenvalue weighted by atomic mass is 32.1. The van der Waals surface area contributed by atoms with Crippen LogP contribution in [0.4, 0.5) is 0 Å². The molecule has 2 aliphatic rings. The van der Waals surface area contributed by atoms with Gasteiger partial charge in [-0.3, -0.25) is 4.79 Å². The maximum absolute atomic E-state index is 12.9. The fraction of sp³-hybridized carbons (Fsp3) is 0.565. The average molecular weight is 461 g/mol. The number of benzene rings is 1. The minimum atomic E-state index is -0.117. The average Bonchev–Trinajstić information content (AvgIpc) is 3.29. The van der Waals surface area contributed by atoms with Crippen LogP contribution in [-0.4, -0.2) is 79.6 Å². The molecule has 0 saturated carbocycles. The van der Waals surface area contributed by atoms with Gasteiger partial charge in [-0.2, -0.15) is 0 Å². The number of aromatic nitrogens is 1. The summed E-state index contributed by atoms with van der Waals surface area (Å²) in [5.74, 6) is 1.37. The van der Waals surface area contributed by atoms with Crippen molar-refractivity contribution in [1.29, 1.82) is 0 Å². The molecule has 1 aromatic carbocycles. The quantitative estimate of drug-likeness (QED) is 0.580. The summed E-state index contributed by atoms with van der Waals surface area (Å²) in [4.78, 5) is 20.1. The van der Waals surface area contributed by atoms with Crippen LogP contribution in [0.1, 0.15) is 24.8 Å². The Hall–Kier alpha value is -2.36. The Morgan fingerprint density at radius 3 is 2.66 bits per heavy atom. The van der Waals surface area contributed by atoms with E-state index in [0.29, 0.717) is 48.5 Å². The first-order valence-electron chi connectivity index (χ1n) is 11.2. The summed E-state index contributed by atoms with van der Waals surface area (Å²) in [6, 6.07) is 5.68. The third-order valence-electron chi connectivity index (χ3n) is 5.77. The molecule has 2 aromatic rings. The van der Waals surface area contributed by atoms with E-state index in [1.807, 2.05) is 18.2 Å². The maximum Gasteiger partial charge on any atom is 0.253 e. The van der Waals surface area contributed by atoms with Gasteiger partial charge in [0, 0.05) is 36.7 Å². The molecule has 0 radical (unpaired) electrons. The van der Waals surface area contributed by atoms with E-state index in [1.165, 1.54) is 0 Å². The second-order valence-corrected chi connectivity index (χ2v) is 8.99. The third-order valence-corrected chi connectivity index (χ3v) is 6.17. The van der Waals surface area contributed by atoms with Gasteiger partial charge in [0.2, 0.25) is 0 Å². The summed E-state index contributed by atoms with van der Waals surface area (Å²) in [6.45, 7) is 4.69. The zero-order valence-electron chi connectivity index (χ0n) is 18.8. The number of H-pyrrole nitrogens is 1. The molecule has 0 amide bonds. The van der Waals surface area contributed by atoms with E-state index in [1.54, 1.807) is 0 Å². The predicted octanol–water partition coefficient (Wildman–Crippen LogP) is 2.11. The van der Waals surface area contributed by atoms with E-state index in [2.05, 4.69) is 34.2 Å². The summed E-state index contributed by atoms with van der Waals surface area (Å²) in [6.07, 6.45) is 3.29. The molecule has 174 valence electrons. The van der Waals surface area contributed by atoms with Crippen LogP contribution in [0.25, 0.3) is 10.9 Å². The molecule has 0 aliphatic carbocycles. The zero-order chi connectivity index (χ0) is 22.5. The molecule has 9 heteroatoms. The van der Waals surface area contributed by atoms with Crippen LogP contribution >= 0.6 is 12.2 Å². The van der Waals surface area contributed by atoms with Crippen molar-refractivity contribution in [3.63, 3.8) is 0 Å². The summed E-state index contributed by atoms with van der Waals surface area (Å²) >= 11 is 5.70. The van der Waals surface area contributed by atoms with Crippen molar-refractivity contribution in [1.82, 2.24) is 20.1 Å². The van der Waals surface area contributed by atoms with Gasteiger partial charge in [0.25, 0.3) is 5.56 Å². The van der Waals surface area contributed by atoms with Crippen LogP contribution in [0.5, 0.6) is 11.5 Å². The number of rotatable bonds is 8. The molecule has 0 spiro atoms. The number of nitrogens with one attached hydrogen (secondary N) is 2. The van der Waals surface area contributed by atoms with Gasteiger partial charge < -0.3 is 34.3 Å². The number of nitrogens with zero attached hydrogens (tertiary/aromatic N) is 2. The first-order chi connectivity index (χ1) is 15.5. The van der Waals surface area contributed by atoms with E-state index in [9.17, 15) is 4.79 Å². The number of pyridine rings is 1. The second kappa shape index (κ2) is 10.5. The molecule has 3 heterocycles. The van der Waals surface area contributed by atoms with E-state index in [0.717, 1.165) is 49.9 Å². The lowest BCUT2D eigenvalue weighted by atomic mass is 10.1. The monoisotopic (exact) mass is 460 g/mol. The van der Waals surface area contributed by atoms with Gasteiger partial charge in [0.15, 0.2) is 16.6 Å². The molecule has 2 aliphatic heterocycles. The lowest BCUT2D eigenvalue weighted by Gasteiger charge is -2.27. The Labute approximate surface area is 193 Å². The van der Waals surface area contributed by atoms with Gasteiger partial charge in [-0.25, -0.2) is 0 Å². The molecular formula is C23H32N4O4S. The highest BCUT2D eigenvalue weighted by Gasteiger charge is 2.19. The zero-order valence-corrected chi connectivity index (χ0v) is 19.6. The molecule has 4 rings (SSSR count). The van der Waals surface area contributed by atoms with Crippen LogP contribution < -0.4 is 20.3 Å². The second-order valence-electron chi connectivity index (χ2n) is 8.61. The van der Waals surface area contributed by atoms with E-state index < -0.39 is 0 Å². The maximum atomic E-state index is 12.9. The molecule has 2 N–H and O–H groups in total. The number of hydrogen-bond acceptors (Lipinski definition) is 6. The molecule has 8 nitrogen and oxygen atoms in total. The normalized spacial score (nSPS) is 17.7. The van der Waals surface area contributed by atoms with Crippen molar-refractivity contribution in [2.75, 3.05) is 53.6 Å². The highest BCUT2D eigenvalue weighted by Crippen LogP contribution is 2.33. The standard InChI is InChI=1S/C23H32N4O4S/c1-26(2)6-4-7-27(23(32)24-14-18-5-3-8-29-18)15-17-11-16-12-20-21(31-10-9-30-20)13-19(16)25-22(17)28/h11-13,18H,3-10,14-15H2,1-2H3,(H,24,32)(H,25,28). The fourth-order valence-corrected chi connectivity index (χ4v) is 4.30. The van der Waals surface area contributed by atoms with Gasteiger partial charge in [0.05, 0.1) is 18.2 Å². The summed E-state index contributed by atoms with van der Waals surface area (Å²) in [7, 11) is 4.11. The van der Waals surface area contributed by atoms with Crippen LogP contribution in [0.2, 0.25) is 0 Å². The number of fused-ring (bicyclic) bond motifs is 2. The number of aromatic amines is 1. The summed E-state index contributed by atoms with van der Waals surface area (Å²) in [5, 5.41) is 4.92. The Morgan fingerprint density at radius 1 is 1.16 bits per heavy atom. The molecule has 1 unspecified atom stereocenters. The molecule has 1 aromatic heterocycles. The number of hydrogen-bond donors (Lipinski definition) is 2. The van der Waals surface area contributed by atoms with Gasteiger partial charge in [-0.15, -0.1) is 0 Å². The van der Waals surface area contributed by atoms with Crippen LogP contribution in [0.3, 0.4) is 0 Å². The van der Waals surface area contributed by atoms with Gasteiger partial charge in [-0.1, -0.05) is 0 Å². The Balaban J connectivity index is 1.51. The molecule has 1 atom stereocenters. The fourth-order valence-electron chi connectivity index (χ4n) is 4.06. The summed E-state index contributed by atoms with van der Waals surface area (Å²) < 4.78 is 17.0. The number of thiocarbonyl (C=S) groups is 1. The van der Waals surface area contributed by atoms with Crippen molar-refractivity contribution in [3.05, 3.63) is 34.1 Å². The van der Waals surface area contributed by atoms with Crippen molar-refractivity contribution >= 4 is 28.2 Å². The van der Waals surface area contributed by atoms with Gasteiger partial charge in [-0.05, 0) is 64.3 Å². The van der Waals surface area contributed by atoms with Crippen molar-refractivity contribution in [2.45, 2.75) is 31.9 Å². The van der Waals surface area contributed by atoms with Gasteiger partial charge >= 0.3 is 0 Å². The first-order valence-corrected chi connectivity index (χ1v) is 11.6. The minimum Gasteiger partial charge on any atom is -0.486 e. The van der Waals surface area contributed by atoms with Crippen molar-refractivity contribution < 1.29 is 14.2 Å². The van der Waals surface area contributed by atoms with Crippen LogP contribution in [0.15, 0.2) is 23.0 Å².